The molecule has 4 nitrogen and oxygen atoms in total. The predicted molar refractivity (Wildman–Crippen MR) is 116 cm³/mol. The summed E-state index contributed by atoms with van der Waals surface area (Å²) < 4.78 is 0. The lowest BCUT2D eigenvalue weighted by atomic mass is 9.79. The standard InChI is InChI=1S/C25H26N2O2/c1-18-8-7-9-19(16-18)22-13-12-21(24(29)27-22)23(28)26-17-25(14-5-6-15-25)20-10-3-2-4-11-20/h2-4,7-13,16H,5-6,14-15,17H2,1H3,(H,26,28)(H,27,29). The highest BCUT2D eigenvalue weighted by Crippen LogP contribution is 2.40. The minimum Gasteiger partial charge on any atom is -0.351 e. The van der Waals surface area contributed by atoms with Crippen LogP contribution in [0.1, 0.15) is 47.2 Å². The number of nitrogens with one attached hydrogen (secondary N) is 2. The molecule has 2 aromatic carbocycles. The van der Waals surface area contributed by atoms with Crippen molar-refractivity contribution >= 4 is 5.91 Å². The van der Waals surface area contributed by atoms with Gasteiger partial charge in [-0.15, -0.1) is 0 Å². The van der Waals surface area contributed by atoms with E-state index in [2.05, 4.69) is 22.4 Å². The van der Waals surface area contributed by atoms with Gasteiger partial charge in [-0.2, -0.15) is 0 Å². The van der Waals surface area contributed by atoms with E-state index < -0.39 is 0 Å². The van der Waals surface area contributed by atoms with E-state index in [0.29, 0.717) is 12.2 Å². The number of benzene rings is 2. The van der Waals surface area contributed by atoms with Gasteiger partial charge in [-0.25, -0.2) is 0 Å². The van der Waals surface area contributed by atoms with Crippen LogP contribution >= 0.6 is 0 Å². The molecule has 4 heteroatoms. The summed E-state index contributed by atoms with van der Waals surface area (Å²) in [6.45, 7) is 2.56. The van der Waals surface area contributed by atoms with Crippen molar-refractivity contribution in [1.82, 2.24) is 10.3 Å². The first kappa shape index (κ1) is 19.2. The summed E-state index contributed by atoms with van der Waals surface area (Å²) in [5.74, 6) is -0.316. The fourth-order valence-electron chi connectivity index (χ4n) is 4.39. The zero-order valence-electron chi connectivity index (χ0n) is 16.7. The normalized spacial score (nSPS) is 15.2. The summed E-state index contributed by atoms with van der Waals surface area (Å²) in [6.07, 6.45) is 4.44. The highest BCUT2D eigenvalue weighted by Gasteiger charge is 2.35. The molecule has 1 fully saturated rings. The molecule has 2 N–H and O–H groups in total. The Kier molecular flexibility index (Phi) is 5.34. The van der Waals surface area contributed by atoms with Gasteiger partial charge >= 0.3 is 0 Å². The molecule has 1 aliphatic rings. The molecule has 0 spiro atoms. The van der Waals surface area contributed by atoms with Gasteiger partial charge in [0, 0.05) is 17.7 Å². The van der Waals surface area contributed by atoms with Gasteiger partial charge in [0.2, 0.25) is 0 Å². The third-order valence-electron chi connectivity index (χ3n) is 6.02. The molecule has 0 aliphatic heterocycles. The van der Waals surface area contributed by atoms with E-state index in [1.807, 2.05) is 49.4 Å². The lowest BCUT2D eigenvalue weighted by Crippen LogP contribution is -2.40. The van der Waals surface area contributed by atoms with Gasteiger partial charge in [0.25, 0.3) is 11.5 Å². The predicted octanol–water partition coefficient (Wildman–Crippen LogP) is 4.59. The second kappa shape index (κ2) is 8.08. The zero-order valence-corrected chi connectivity index (χ0v) is 16.7. The summed E-state index contributed by atoms with van der Waals surface area (Å²) >= 11 is 0. The largest absolute Gasteiger partial charge is 0.351 e. The Morgan fingerprint density at radius 1 is 1.00 bits per heavy atom. The molecule has 29 heavy (non-hydrogen) atoms. The smallest absolute Gasteiger partial charge is 0.261 e. The van der Waals surface area contributed by atoms with Crippen LogP contribution in [0.4, 0.5) is 0 Å². The Bertz CT molecular complexity index is 1060. The van der Waals surface area contributed by atoms with Crippen LogP contribution < -0.4 is 10.9 Å². The third-order valence-corrected chi connectivity index (χ3v) is 6.02. The van der Waals surface area contributed by atoms with Crippen molar-refractivity contribution in [2.24, 2.45) is 0 Å². The number of carbonyl (C=O) groups is 1. The van der Waals surface area contributed by atoms with Crippen LogP contribution in [0.15, 0.2) is 71.5 Å². The first-order valence-electron chi connectivity index (χ1n) is 10.2. The van der Waals surface area contributed by atoms with Gasteiger partial charge < -0.3 is 10.3 Å². The number of aromatic nitrogens is 1. The molecule has 0 unspecified atom stereocenters. The van der Waals surface area contributed by atoms with Crippen molar-refractivity contribution in [3.63, 3.8) is 0 Å². The van der Waals surface area contributed by atoms with E-state index in [1.165, 1.54) is 5.56 Å². The maximum absolute atomic E-state index is 12.8. The van der Waals surface area contributed by atoms with Crippen molar-refractivity contribution in [3.8, 4) is 11.3 Å². The third kappa shape index (κ3) is 4.02. The topological polar surface area (TPSA) is 62.0 Å². The van der Waals surface area contributed by atoms with E-state index in [9.17, 15) is 9.59 Å². The Labute approximate surface area is 171 Å². The number of rotatable bonds is 5. The van der Waals surface area contributed by atoms with Crippen molar-refractivity contribution in [2.45, 2.75) is 38.0 Å². The van der Waals surface area contributed by atoms with Gasteiger partial charge in [0.15, 0.2) is 0 Å². The number of hydrogen-bond donors (Lipinski definition) is 2. The quantitative estimate of drug-likeness (QED) is 0.674. The summed E-state index contributed by atoms with van der Waals surface area (Å²) in [5, 5.41) is 3.03. The second-order valence-corrected chi connectivity index (χ2v) is 8.02. The maximum Gasteiger partial charge on any atom is 0.261 e. The van der Waals surface area contributed by atoms with Crippen molar-refractivity contribution in [3.05, 3.63) is 93.8 Å². The van der Waals surface area contributed by atoms with Gasteiger partial charge in [0.1, 0.15) is 5.56 Å². The average Bonchev–Trinajstić information content (AvgIpc) is 3.23. The molecule has 0 saturated heterocycles. The van der Waals surface area contributed by atoms with Gasteiger partial charge in [-0.05, 0) is 49.1 Å². The Hall–Kier alpha value is -3.14. The first-order valence-corrected chi connectivity index (χ1v) is 10.2. The van der Waals surface area contributed by atoms with E-state index in [-0.39, 0.29) is 22.4 Å². The zero-order chi connectivity index (χ0) is 20.3. The lowest BCUT2D eigenvalue weighted by Gasteiger charge is -2.30. The van der Waals surface area contributed by atoms with Crippen molar-refractivity contribution in [2.75, 3.05) is 6.54 Å². The molecule has 1 aromatic heterocycles. The number of carbonyl (C=O) groups excluding carboxylic acids is 1. The monoisotopic (exact) mass is 386 g/mol. The van der Waals surface area contributed by atoms with Crippen molar-refractivity contribution < 1.29 is 4.79 Å². The van der Waals surface area contributed by atoms with E-state index >= 15 is 0 Å². The molecule has 3 aromatic rings. The Balaban J connectivity index is 1.52. The molecule has 0 bridgehead atoms. The minimum absolute atomic E-state index is 0.0365. The molecule has 1 amide bonds. The number of amides is 1. The van der Waals surface area contributed by atoms with Gasteiger partial charge in [0.05, 0.1) is 0 Å². The van der Waals surface area contributed by atoms with Crippen molar-refractivity contribution in [1.29, 1.82) is 0 Å². The maximum atomic E-state index is 12.8. The number of pyridine rings is 1. The molecule has 0 radical (unpaired) electrons. The molecule has 0 atom stereocenters. The highest BCUT2D eigenvalue weighted by molar-refractivity contribution is 5.94. The number of aryl methyl sites for hydroxylation is 1. The average molecular weight is 386 g/mol. The Morgan fingerprint density at radius 2 is 1.76 bits per heavy atom. The Morgan fingerprint density at radius 3 is 2.45 bits per heavy atom. The van der Waals surface area contributed by atoms with E-state index in [0.717, 1.165) is 36.8 Å². The van der Waals surface area contributed by atoms with Crippen LogP contribution in [0.5, 0.6) is 0 Å². The lowest BCUT2D eigenvalue weighted by molar-refractivity contribution is 0.0941. The summed E-state index contributed by atoms with van der Waals surface area (Å²) in [4.78, 5) is 28.2. The second-order valence-electron chi connectivity index (χ2n) is 8.02. The number of aromatic amines is 1. The highest BCUT2D eigenvalue weighted by atomic mass is 16.2. The van der Waals surface area contributed by atoms with Crippen LogP contribution in [0.2, 0.25) is 0 Å². The van der Waals surface area contributed by atoms with Gasteiger partial charge in [-0.1, -0.05) is 66.9 Å². The molecule has 1 saturated carbocycles. The fraction of sp³-hybridized carbons (Fsp3) is 0.280. The molecule has 4 rings (SSSR count). The fourth-order valence-corrected chi connectivity index (χ4v) is 4.39. The van der Waals surface area contributed by atoms with E-state index in [1.54, 1.807) is 12.1 Å². The summed E-state index contributed by atoms with van der Waals surface area (Å²) in [5.41, 5.74) is 3.79. The van der Waals surface area contributed by atoms with Crippen LogP contribution in [0.25, 0.3) is 11.3 Å². The number of H-pyrrole nitrogens is 1. The molecule has 1 heterocycles. The molecular weight excluding hydrogens is 360 g/mol. The summed E-state index contributed by atoms with van der Waals surface area (Å²) in [6, 6.07) is 21.7. The van der Waals surface area contributed by atoms with Gasteiger partial charge in [-0.3, -0.25) is 9.59 Å². The first-order chi connectivity index (χ1) is 14.1. The van der Waals surface area contributed by atoms with Crippen LogP contribution in [0, 0.1) is 6.92 Å². The number of hydrogen-bond acceptors (Lipinski definition) is 2. The SMILES string of the molecule is Cc1cccc(-c2ccc(C(=O)NCC3(c4ccccc4)CCCC3)c(=O)[nH]2)c1. The minimum atomic E-state index is -0.360. The van der Waals surface area contributed by atoms with Crippen LogP contribution in [0.3, 0.4) is 0 Å². The molecule has 1 aliphatic carbocycles. The molecular formula is C25H26N2O2. The van der Waals surface area contributed by atoms with Crippen LogP contribution in [-0.2, 0) is 5.41 Å². The van der Waals surface area contributed by atoms with Crippen LogP contribution in [-0.4, -0.2) is 17.4 Å². The molecule has 148 valence electrons. The van der Waals surface area contributed by atoms with E-state index in [4.69, 9.17) is 0 Å². The summed E-state index contributed by atoms with van der Waals surface area (Å²) in [7, 11) is 0.